The van der Waals surface area contributed by atoms with E-state index in [9.17, 15) is 14.7 Å². The van der Waals surface area contributed by atoms with Crippen LogP contribution in [0, 0.1) is 11.8 Å². The van der Waals surface area contributed by atoms with Gasteiger partial charge < -0.3 is 20.1 Å². The Hall–Kier alpha value is -2.02. The van der Waals surface area contributed by atoms with Gasteiger partial charge in [0.25, 0.3) is 0 Å². The molecule has 2 amide bonds. The largest absolute Gasteiger partial charge is 0.487 e. The van der Waals surface area contributed by atoms with Crippen LogP contribution in [-0.2, 0) is 4.79 Å². The van der Waals surface area contributed by atoms with Gasteiger partial charge in [-0.3, -0.25) is 4.79 Å². The lowest BCUT2D eigenvalue weighted by molar-refractivity contribution is -0.143. The Bertz CT molecular complexity index is 635. The number of ether oxygens (including phenoxy) is 1. The van der Waals surface area contributed by atoms with Gasteiger partial charge in [0.05, 0.1) is 11.6 Å². The van der Waals surface area contributed by atoms with E-state index >= 15 is 0 Å². The number of carbonyl (C=O) groups is 2. The minimum absolute atomic E-state index is 0.143. The van der Waals surface area contributed by atoms with E-state index in [1.54, 1.807) is 23.1 Å². The maximum Gasteiger partial charge on any atom is 0.321 e. The second-order valence-corrected chi connectivity index (χ2v) is 6.87. The highest BCUT2D eigenvalue weighted by atomic mass is 79.9. The number of nitrogens with one attached hydrogen (secondary N) is 1. The second-order valence-electron chi connectivity index (χ2n) is 5.95. The van der Waals surface area contributed by atoms with Crippen LogP contribution in [0.5, 0.6) is 5.75 Å². The molecule has 1 aromatic carbocycles. The fourth-order valence-electron chi connectivity index (χ4n) is 2.77. The van der Waals surface area contributed by atoms with Crippen LogP contribution in [0.1, 0.15) is 13.3 Å². The number of carboxylic acids is 1. The van der Waals surface area contributed by atoms with Crippen LogP contribution in [0.2, 0.25) is 0 Å². The molecule has 24 heavy (non-hydrogen) atoms. The lowest BCUT2D eigenvalue weighted by Gasteiger charge is -2.34. The Morgan fingerprint density at radius 3 is 2.92 bits per heavy atom. The lowest BCUT2D eigenvalue weighted by atomic mass is 9.91. The van der Waals surface area contributed by atoms with Crippen molar-refractivity contribution >= 4 is 33.6 Å². The minimum Gasteiger partial charge on any atom is -0.487 e. The molecule has 0 aliphatic carbocycles. The molecule has 2 atom stereocenters. The number of urea groups is 1. The molecule has 0 aromatic heterocycles. The Kier molecular flexibility index (Phi) is 6.25. The molecule has 1 aliphatic heterocycles. The van der Waals surface area contributed by atoms with Gasteiger partial charge in [-0.2, -0.15) is 0 Å². The maximum atomic E-state index is 12.5. The van der Waals surface area contributed by atoms with Gasteiger partial charge in [-0.15, -0.1) is 0 Å². The smallest absolute Gasteiger partial charge is 0.321 e. The van der Waals surface area contributed by atoms with Crippen molar-refractivity contribution < 1.29 is 19.4 Å². The summed E-state index contributed by atoms with van der Waals surface area (Å²) in [6, 6.07) is 4.99. The number of halogens is 1. The number of hydrogen-bond acceptors (Lipinski definition) is 3. The van der Waals surface area contributed by atoms with E-state index in [0.29, 0.717) is 31.0 Å². The average molecular weight is 397 g/mol. The number of hydrogen-bond donors (Lipinski definition) is 2. The number of carboxylic acid groups (broad SMARTS) is 1. The van der Waals surface area contributed by atoms with Crippen LogP contribution in [0.4, 0.5) is 10.5 Å². The fraction of sp³-hybridized carbons (Fsp3) is 0.412. The highest BCUT2D eigenvalue weighted by molar-refractivity contribution is 9.10. The third-order valence-electron chi connectivity index (χ3n) is 3.84. The molecular formula is C17H21BrN2O4. The molecule has 0 bridgehead atoms. The molecule has 0 radical (unpaired) electrons. The van der Waals surface area contributed by atoms with Crippen LogP contribution in [0.15, 0.2) is 35.3 Å². The van der Waals surface area contributed by atoms with Crippen molar-refractivity contribution in [2.45, 2.75) is 13.3 Å². The van der Waals surface area contributed by atoms with Crippen LogP contribution >= 0.6 is 15.9 Å². The van der Waals surface area contributed by atoms with Crippen molar-refractivity contribution in [2.24, 2.45) is 11.8 Å². The summed E-state index contributed by atoms with van der Waals surface area (Å²) in [5.74, 6) is -0.716. The summed E-state index contributed by atoms with van der Waals surface area (Å²) in [5.41, 5.74) is 0.529. The first-order valence-electron chi connectivity index (χ1n) is 7.72. The molecule has 1 heterocycles. The number of anilines is 1. The number of piperidine rings is 1. The first-order valence-corrected chi connectivity index (χ1v) is 8.52. The van der Waals surface area contributed by atoms with Gasteiger partial charge in [0.2, 0.25) is 0 Å². The van der Waals surface area contributed by atoms with Crippen molar-refractivity contribution in [2.75, 3.05) is 25.0 Å². The van der Waals surface area contributed by atoms with E-state index in [-0.39, 0.29) is 18.5 Å². The van der Waals surface area contributed by atoms with E-state index in [1.807, 2.05) is 13.0 Å². The fourth-order valence-corrected chi connectivity index (χ4v) is 3.13. The number of benzene rings is 1. The highest BCUT2D eigenvalue weighted by Crippen LogP contribution is 2.29. The third-order valence-corrected chi connectivity index (χ3v) is 4.33. The van der Waals surface area contributed by atoms with Gasteiger partial charge in [-0.05, 0) is 30.5 Å². The van der Waals surface area contributed by atoms with Crippen molar-refractivity contribution in [1.82, 2.24) is 4.90 Å². The molecule has 2 N–H and O–H groups in total. The Morgan fingerprint density at radius 1 is 1.50 bits per heavy atom. The standard InChI is InChI=1S/C17H21BrN2O4/c1-3-6-24-15-5-4-13(18)8-14(15)19-17(23)20-9-11(2)7-12(10-20)16(21)22/h3-5,8,11-12H,1,6-7,9-10H2,2H3,(H,19,23)(H,21,22). The van der Waals surface area contributed by atoms with Crippen LogP contribution in [-0.4, -0.2) is 41.7 Å². The van der Waals surface area contributed by atoms with Crippen molar-refractivity contribution in [3.63, 3.8) is 0 Å². The first-order chi connectivity index (χ1) is 11.4. The van der Waals surface area contributed by atoms with Gasteiger partial charge >= 0.3 is 12.0 Å². The molecular weight excluding hydrogens is 376 g/mol. The number of aliphatic carboxylic acids is 1. The molecule has 2 rings (SSSR count). The zero-order valence-corrected chi connectivity index (χ0v) is 15.1. The minimum atomic E-state index is -0.864. The SMILES string of the molecule is C=CCOc1ccc(Br)cc1NC(=O)N1CC(C)CC(C(=O)O)C1. The molecule has 1 aliphatic rings. The molecule has 1 saturated heterocycles. The number of amides is 2. The summed E-state index contributed by atoms with van der Waals surface area (Å²) in [5, 5.41) is 12.0. The van der Waals surface area contributed by atoms with Crippen molar-refractivity contribution in [1.29, 1.82) is 0 Å². The monoisotopic (exact) mass is 396 g/mol. The van der Waals surface area contributed by atoms with Gasteiger partial charge in [0.15, 0.2) is 0 Å². The first kappa shape index (κ1) is 18.3. The van der Waals surface area contributed by atoms with Crippen LogP contribution in [0.25, 0.3) is 0 Å². The number of likely N-dealkylation sites (tertiary alicyclic amines) is 1. The molecule has 0 spiro atoms. The zero-order valence-electron chi connectivity index (χ0n) is 13.5. The van der Waals surface area contributed by atoms with Crippen molar-refractivity contribution in [3.05, 3.63) is 35.3 Å². The second kappa shape index (κ2) is 8.19. The quantitative estimate of drug-likeness (QED) is 0.745. The Balaban J connectivity index is 2.12. The van der Waals surface area contributed by atoms with E-state index < -0.39 is 11.9 Å². The van der Waals surface area contributed by atoms with Gasteiger partial charge in [-0.25, -0.2) is 4.79 Å². The van der Waals surface area contributed by atoms with Gasteiger partial charge in [0.1, 0.15) is 12.4 Å². The summed E-state index contributed by atoms with van der Waals surface area (Å²) in [6.45, 7) is 6.63. The molecule has 1 aromatic rings. The Morgan fingerprint density at radius 2 is 2.25 bits per heavy atom. The zero-order chi connectivity index (χ0) is 17.7. The highest BCUT2D eigenvalue weighted by Gasteiger charge is 2.32. The van der Waals surface area contributed by atoms with E-state index in [1.165, 1.54) is 0 Å². The molecule has 6 nitrogen and oxygen atoms in total. The molecule has 1 fully saturated rings. The summed E-state index contributed by atoms with van der Waals surface area (Å²) < 4.78 is 6.35. The summed E-state index contributed by atoms with van der Waals surface area (Å²) in [4.78, 5) is 25.3. The molecule has 130 valence electrons. The van der Waals surface area contributed by atoms with E-state index in [4.69, 9.17) is 4.74 Å². The topological polar surface area (TPSA) is 78.9 Å². The lowest BCUT2D eigenvalue weighted by Crippen LogP contribution is -2.47. The normalized spacial score (nSPS) is 20.3. The van der Waals surface area contributed by atoms with Gasteiger partial charge in [-0.1, -0.05) is 35.5 Å². The summed E-state index contributed by atoms with van der Waals surface area (Å²) in [7, 11) is 0. The predicted octanol–water partition coefficient (Wildman–Crippen LogP) is 3.59. The van der Waals surface area contributed by atoms with E-state index in [2.05, 4.69) is 27.8 Å². The predicted molar refractivity (Wildman–Crippen MR) is 95.3 cm³/mol. The van der Waals surface area contributed by atoms with Crippen molar-refractivity contribution in [3.8, 4) is 5.75 Å². The van der Waals surface area contributed by atoms with Gasteiger partial charge in [0, 0.05) is 17.6 Å². The van der Waals surface area contributed by atoms with Crippen LogP contribution < -0.4 is 10.1 Å². The number of nitrogens with zero attached hydrogens (tertiary/aromatic N) is 1. The van der Waals surface area contributed by atoms with Crippen LogP contribution in [0.3, 0.4) is 0 Å². The summed E-state index contributed by atoms with van der Waals surface area (Å²) >= 11 is 3.37. The Labute approximate surface area is 149 Å². The average Bonchev–Trinajstić information content (AvgIpc) is 2.53. The molecule has 2 unspecified atom stereocenters. The number of carbonyl (C=O) groups excluding carboxylic acids is 1. The number of rotatable bonds is 5. The maximum absolute atomic E-state index is 12.5. The third kappa shape index (κ3) is 4.74. The van der Waals surface area contributed by atoms with E-state index in [0.717, 1.165) is 4.47 Å². The summed E-state index contributed by atoms with van der Waals surface area (Å²) in [6.07, 6.45) is 2.21. The molecule has 7 heteroatoms. The molecule has 0 saturated carbocycles.